The number of likely N-dealkylation sites (N-methyl/N-ethyl adjacent to an activating group) is 1. The Hall–Kier alpha value is -3.36. The number of ether oxygens (including phenoxy) is 3. The smallest absolute Gasteiger partial charge is 0.327 e. The van der Waals surface area contributed by atoms with Gasteiger partial charge >= 0.3 is 5.97 Å². The van der Waals surface area contributed by atoms with E-state index in [9.17, 15) is 19.5 Å². The molecule has 7 atom stereocenters. The van der Waals surface area contributed by atoms with E-state index in [1.807, 2.05) is 24.3 Å². The van der Waals surface area contributed by atoms with Crippen LogP contribution >= 0.6 is 0 Å². The number of aliphatic hydroxyl groups excluding tert-OH is 1. The molecule has 1 aromatic rings. The van der Waals surface area contributed by atoms with Gasteiger partial charge < -0.3 is 34.4 Å². The zero-order valence-corrected chi connectivity index (χ0v) is 27.4. The molecule has 7 aliphatic rings. The molecular weight excluding hydrogens is 620 g/mol. The van der Waals surface area contributed by atoms with Crippen LogP contribution in [0.4, 0.5) is 0 Å². The molecular formula is C35H44N4O9. The molecule has 258 valence electrons. The van der Waals surface area contributed by atoms with Crippen molar-refractivity contribution < 1.29 is 43.3 Å². The van der Waals surface area contributed by atoms with E-state index >= 15 is 4.79 Å². The van der Waals surface area contributed by atoms with E-state index < -0.39 is 53.7 Å². The van der Waals surface area contributed by atoms with Gasteiger partial charge in [-0.25, -0.2) is 0 Å². The molecule has 4 saturated heterocycles. The van der Waals surface area contributed by atoms with Crippen molar-refractivity contribution in [2.24, 2.45) is 17.3 Å². The van der Waals surface area contributed by atoms with E-state index in [0.717, 1.165) is 36.8 Å². The number of nitrogens with zero attached hydrogens (tertiary/aromatic N) is 3. The molecule has 0 aromatic heterocycles. The van der Waals surface area contributed by atoms with Gasteiger partial charge in [-0.1, -0.05) is 24.3 Å². The van der Waals surface area contributed by atoms with Crippen LogP contribution < -0.4 is 5.32 Å². The summed E-state index contributed by atoms with van der Waals surface area (Å²) in [7, 11) is 3.38. The summed E-state index contributed by atoms with van der Waals surface area (Å²) in [6, 6.07) is 5.80. The van der Waals surface area contributed by atoms with Gasteiger partial charge in [0.1, 0.15) is 35.9 Å². The van der Waals surface area contributed by atoms with Crippen LogP contribution in [-0.2, 0) is 44.8 Å². The molecule has 8 rings (SSSR count). The monoisotopic (exact) mass is 664 g/mol. The van der Waals surface area contributed by atoms with Gasteiger partial charge in [-0.15, -0.1) is 0 Å². The fourth-order valence-corrected chi connectivity index (χ4v) is 8.78. The Kier molecular flexibility index (Phi) is 7.91. The molecule has 3 saturated carbocycles. The number of likely N-dealkylation sites (tertiary alicyclic amines) is 1. The summed E-state index contributed by atoms with van der Waals surface area (Å²) in [5.74, 6) is -1.55. The van der Waals surface area contributed by atoms with Gasteiger partial charge in [0.2, 0.25) is 17.7 Å². The average molecular weight is 665 g/mol. The minimum Gasteiger partial charge on any atom is -0.458 e. The topological polar surface area (TPSA) is 147 Å². The molecule has 0 radical (unpaired) electrons. The van der Waals surface area contributed by atoms with Crippen molar-refractivity contribution in [1.29, 1.82) is 0 Å². The first-order chi connectivity index (χ1) is 23.2. The molecule has 13 heteroatoms. The molecule has 2 bridgehead atoms. The van der Waals surface area contributed by atoms with Crippen molar-refractivity contribution in [2.45, 2.75) is 93.8 Å². The van der Waals surface area contributed by atoms with Gasteiger partial charge in [0.05, 0.1) is 13.2 Å². The number of nitrogens with one attached hydrogen (secondary N) is 1. The van der Waals surface area contributed by atoms with Gasteiger partial charge in [-0.05, 0) is 55.7 Å². The molecule has 2 N–H and O–H groups in total. The highest BCUT2D eigenvalue weighted by molar-refractivity contribution is 5.96. The SMILES string of the molecule is CN(C)C(=O)C=Cc1cccc(CN2OC3C4OC(C5CC5)(C5CC5)OC4C4CC3(C(=O)N3CCCC3C(=O)NCCO)C2C(=O)O4)c1. The molecule has 13 nitrogen and oxygen atoms in total. The number of amides is 3. The minimum absolute atomic E-state index is 0.0932. The van der Waals surface area contributed by atoms with Crippen LogP contribution in [-0.4, -0.2) is 120 Å². The maximum Gasteiger partial charge on any atom is 0.327 e. The average Bonchev–Trinajstić information content (AvgIpc) is 4.00. The molecule has 3 amide bonds. The van der Waals surface area contributed by atoms with Gasteiger partial charge in [-0.2, -0.15) is 5.06 Å². The number of carbonyl (C=O) groups excluding carboxylic acids is 4. The second kappa shape index (κ2) is 11.9. The van der Waals surface area contributed by atoms with Crippen LogP contribution in [0.3, 0.4) is 0 Å². The second-order valence-corrected chi connectivity index (χ2v) is 14.6. The van der Waals surface area contributed by atoms with Crippen LogP contribution in [0.5, 0.6) is 0 Å². The van der Waals surface area contributed by atoms with Crippen LogP contribution in [0.25, 0.3) is 6.08 Å². The Bertz CT molecular complexity index is 1510. The number of aliphatic hydroxyl groups is 1. The number of hydroxylamine groups is 2. The third-order valence-electron chi connectivity index (χ3n) is 11.3. The third-order valence-corrected chi connectivity index (χ3v) is 11.3. The van der Waals surface area contributed by atoms with E-state index in [1.165, 1.54) is 11.0 Å². The maximum atomic E-state index is 15.1. The number of hydrogen-bond donors (Lipinski definition) is 2. The Labute approximate surface area is 279 Å². The Morgan fingerprint density at radius 2 is 1.83 bits per heavy atom. The minimum atomic E-state index is -1.36. The van der Waals surface area contributed by atoms with Gasteiger partial charge in [-0.3, -0.25) is 24.0 Å². The third kappa shape index (κ3) is 5.08. The van der Waals surface area contributed by atoms with Crippen molar-refractivity contribution >= 4 is 29.8 Å². The second-order valence-electron chi connectivity index (χ2n) is 14.6. The largest absolute Gasteiger partial charge is 0.458 e. The van der Waals surface area contributed by atoms with Gasteiger partial charge in [0.15, 0.2) is 11.8 Å². The molecule has 7 unspecified atom stereocenters. The number of esters is 1. The summed E-state index contributed by atoms with van der Waals surface area (Å²) in [5.41, 5.74) is 0.262. The number of carbonyl (C=O) groups is 4. The molecule has 48 heavy (non-hydrogen) atoms. The number of hydrogen-bond acceptors (Lipinski definition) is 10. The Morgan fingerprint density at radius 1 is 1.08 bits per heavy atom. The van der Waals surface area contributed by atoms with Crippen molar-refractivity contribution in [2.75, 3.05) is 33.8 Å². The lowest BCUT2D eigenvalue weighted by Gasteiger charge is -2.50. The highest BCUT2D eigenvalue weighted by Crippen LogP contribution is 2.64. The van der Waals surface area contributed by atoms with E-state index in [0.29, 0.717) is 19.4 Å². The zero-order chi connectivity index (χ0) is 33.4. The first kappa shape index (κ1) is 31.9. The summed E-state index contributed by atoms with van der Waals surface area (Å²) in [6.45, 7) is 0.435. The van der Waals surface area contributed by atoms with E-state index in [1.54, 1.807) is 30.1 Å². The van der Waals surface area contributed by atoms with Crippen LogP contribution in [0, 0.1) is 17.3 Å². The van der Waals surface area contributed by atoms with E-state index in [2.05, 4.69) is 5.32 Å². The summed E-state index contributed by atoms with van der Waals surface area (Å²) < 4.78 is 19.9. The number of benzene rings is 1. The van der Waals surface area contributed by atoms with Crippen LogP contribution in [0.2, 0.25) is 0 Å². The van der Waals surface area contributed by atoms with Gasteiger partial charge in [0.25, 0.3) is 0 Å². The van der Waals surface area contributed by atoms with Crippen molar-refractivity contribution in [3.05, 3.63) is 41.5 Å². The highest BCUT2D eigenvalue weighted by Gasteiger charge is 2.78. The first-order valence-electron chi connectivity index (χ1n) is 17.3. The number of fused-ring (bicyclic) bond motifs is 4. The summed E-state index contributed by atoms with van der Waals surface area (Å²) in [5, 5.41) is 13.6. The predicted molar refractivity (Wildman–Crippen MR) is 168 cm³/mol. The van der Waals surface area contributed by atoms with Gasteiger partial charge in [0, 0.05) is 51.5 Å². The summed E-state index contributed by atoms with van der Waals surface area (Å²) in [6.07, 6.45) is 5.89. The normalized spacial score (nSPS) is 35.1. The van der Waals surface area contributed by atoms with Crippen LogP contribution in [0.15, 0.2) is 30.3 Å². The van der Waals surface area contributed by atoms with Crippen molar-refractivity contribution in [1.82, 2.24) is 20.2 Å². The molecule has 4 aliphatic heterocycles. The molecule has 3 aliphatic carbocycles. The molecule has 0 spiro atoms. The predicted octanol–water partition coefficient (Wildman–Crippen LogP) is 0.988. The Morgan fingerprint density at radius 3 is 2.54 bits per heavy atom. The molecule has 7 fully saturated rings. The molecule has 1 aromatic carbocycles. The van der Waals surface area contributed by atoms with E-state index in [4.69, 9.17) is 19.0 Å². The quantitative estimate of drug-likeness (QED) is 0.274. The fourth-order valence-electron chi connectivity index (χ4n) is 8.78. The number of rotatable bonds is 10. The summed E-state index contributed by atoms with van der Waals surface area (Å²) >= 11 is 0. The maximum absolute atomic E-state index is 15.1. The van der Waals surface area contributed by atoms with Crippen LogP contribution in [0.1, 0.15) is 56.1 Å². The summed E-state index contributed by atoms with van der Waals surface area (Å²) in [4.78, 5) is 64.4. The zero-order valence-electron chi connectivity index (χ0n) is 27.4. The lowest BCUT2D eigenvalue weighted by molar-refractivity contribution is -0.235. The molecule has 4 heterocycles. The van der Waals surface area contributed by atoms with E-state index in [-0.39, 0.29) is 55.7 Å². The lowest BCUT2D eigenvalue weighted by atomic mass is 9.62. The lowest BCUT2D eigenvalue weighted by Crippen LogP contribution is -2.70. The van der Waals surface area contributed by atoms with Crippen molar-refractivity contribution in [3.63, 3.8) is 0 Å². The fraction of sp³-hybridized carbons (Fsp3) is 0.657. The highest BCUT2D eigenvalue weighted by atomic mass is 16.8. The first-order valence-corrected chi connectivity index (χ1v) is 17.3. The van der Waals surface area contributed by atoms with Crippen molar-refractivity contribution in [3.8, 4) is 0 Å². The standard InChI is InChI=1S/C35H44N4O9/c1-37(2)26(41)13-8-20-5-3-6-21(17-20)19-39-29-32(43)45-25-18-34(29,33(44)38-15-4-7-24(38)31(42)36-14-16-40)30(48-39)28-27(25)46-35(47-28,22-9-10-22)23-11-12-23/h3,5-6,8,13,17,22-25,27-30,40H,4,7,9-12,14-16,18-19H2,1-2H3,(H,36,42). The Balaban J connectivity index is 1.15.